The summed E-state index contributed by atoms with van der Waals surface area (Å²) in [4.78, 5) is 14.7. The minimum absolute atomic E-state index is 0.0859. The van der Waals surface area contributed by atoms with E-state index in [-0.39, 0.29) is 11.9 Å². The first kappa shape index (κ1) is 17.2. The van der Waals surface area contributed by atoms with Gasteiger partial charge in [0.05, 0.1) is 0 Å². The van der Waals surface area contributed by atoms with E-state index in [2.05, 4.69) is 52.3 Å². The standard InChI is InChI=1S/C19H30N4O/c1-2-7-16-14-17(22-21-16)19(24)20-11-6-13-23-12-5-9-15-8-3-4-10-18(15)23/h3-4,8,10,16-17,21-22H,2,5-7,9,11-14H2,1H3,(H,20,24). The fourth-order valence-electron chi connectivity index (χ4n) is 3.78. The summed E-state index contributed by atoms with van der Waals surface area (Å²) in [5.41, 5.74) is 9.17. The van der Waals surface area contributed by atoms with Gasteiger partial charge in [-0.2, -0.15) is 0 Å². The first-order valence-corrected chi connectivity index (χ1v) is 9.39. The molecule has 24 heavy (non-hydrogen) atoms. The molecule has 1 amide bonds. The third-order valence-electron chi connectivity index (χ3n) is 5.05. The van der Waals surface area contributed by atoms with Crippen molar-refractivity contribution in [2.75, 3.05) is 24.5 Å². The van der Waals surface area contributed by atoms with Gasteiger partial charge >= 0.3 is 0 Å². The molecule has 1 fully saturated rings. The number of amides is 1. The number of aryl methyl sites for hydroxylation is 1. The number of carbonyl (C=O) groups excluding carboxylic acids is 1. The van der Waals surface area contributed by atoms with Crippen molar-refractivity contribution >= 4 is 11.6 Å². The summed E-state index contributed by atoms with van der Waals surface area (Å²) in [6, 6.07) is 9.03. The first-order valence-electron chi connectivity index (χ1n) is 9.39. The van der Waals surface area contributed by atoms with Crippen LogP contribution in [0.4, 0.5) is 5.69 Å². The molecule has 1 aromatic rings. The number of rotatable bonds is 7. The Hall–Kier alpha value is -1.59. The Morgan fingerprint density at radius 2 is 2.21 bits per heavy atom. The molecule has 3 rings (SSSR count). The van der Waals surface area contributed by atoms with Gasteiger partial charge in [0.15, 0.2) is 0 Å². The molecule has 2 atom stereocenters. The van der Waals surface area contributed by atoms with Crippen LogP contribution < -0.4 is 21.1 Å². The van der Waals surface area contributed by atoms with E-state index in [1.807, 2.05) is 0 Å². The number of para-hydroxylation sites is 1. The van der Waals surface area contributed by atoms with Crippen LogP contribution in [-0.4, -0.2) is 37.6 Å². The predicted octanol–water partition coefficient (Wildman–Crippen LogP) is 1.98. The Morgan fingerprint density at radius 3 is 3.08 bits per heavy atom. The Balaban J connectivity index is 1.38. The average molecular weight is 330 g/mol. The van der Waals surface area contributed by atoms with Crippen molar-refractivity contribution in [2.24, 2.45) is 0 Å². The molecule has 1 saturated heterocycles. The lowest BCUT2D eigenvalue weighted by atomic mass is 10.0. The number of fused-ring (bicyclic) bond motifs is 1. The number of benzene rings is 1. The molecule has 0 bridgehead atoms. The molecule has 0 radical (unpaired) electrons. The fraction of sp³-hybridized carbons (Fsp3) is 0.632. The molecule has 1 aromatic carbocycles. The lowest BCUT2D eigenvalue weighted by molar-refractivity contribution is -0.122. The molecule has 0 aliphatic carbocycles. The van der Waals surface area contributed by atoms with Crippen LogP contribution >= 0.6 is 0 Å². The third kappa shape index (κ3) is 4.28. The highest BCUT2D eigenvalue weighted by Gasteiger charge is 2.28. The molecule has 0 saturated carbocycles. The number of nitrogens with zero attached hydrogens (tertiary/aromatic N) is 1. The van der Waals surface area contributed by atoms with Gasteiger partial charge in [-0.25, -0.2) is 5.43 Å². The summed E-state index contributed by atoms with van der Waals surface area (Å²) in [5, 5.41) is 3.08. The van der Waals surface area contributed by atoms with Crippen LogP contribution in [0.3, 0.4) is 0 Å². The van der Waals surface area contributed by atoms with Crippen molar-refractivity contribution < 1.29 is 4.79 Å². The maximum Gasteiger partial charge on any atom is 0.238 e. The highest BCUT2D eigenvalue weighted by Crippen LogP contribution is 2.26. The quantitative estimate of drug-likeness (QED) is 0.669. The Labute approximate surface area is 145 Å². The molecule has 2 aliphatic rings. The van der Waals surface area contributed by atoms with Crippen LogP contribution in [0.2, 0.25) is 0 Å². The average Bonchev–Trinajstić information content (AvgIpc) is 3.08. The number of carbonyl (C=O) groups is 1. The van der Waals surface area contributed by atoms with Gasteiger partial charge in [-0.1, -0.05) is 31.5 Å². The first-order chi connectivity index (χ1) is 11.8. The summed E-state index contributed by atoms with van der Waals surface area (Å²) in [5.74, 6) is 0.125. The van der Waals surface area contributed by atoms with E-state index in [1.165, 1.54) is 24.1 Å². The van der Waals surface area contributed by atoms with E-state index < -0.39 is 0 Å². The van der Waals surface area contributed by atoms with Gasteiger partial charge in [-0.3, -0.25) is 10.2 Å². The highest BCUT2D eigenvalue weighted by atomic mass is 16.2. The van der Waals surface area contributed by atoms with Gasteiger partial charge in [0.1, 0.15) is 6.04 Å². The maximum absolute atomic E-state index is 12.2. The van der Waals surface area contributed by atoms with E-state index in [9.17, 15) is 4.79 Å². The molecule has 5 heteroatoms. The normalized spacial score (nSPS) is 23.1. The predicted molar refractivity (Wildman–Crippen MR) is 98.0 cm³/mol. The van der Waals surface area contributed by atoms with Gasteiger partial charge in [0.25, 0.3) is 0 Å². The monoisotopic (exact) mass is 330 g/mol. The SMILES string of the molecule is CCCC1CC(C(=O)NCCCN2CCCc3ccccc32)NN1. The Kier molecular flexibility index (Phi) is 6.10. The van der Waals surface area contributed by atoms with E-state index in [4.69, 9.17) is 0 Å². The van der Waals surface area contributed by atoms with Gasteiger partial charge in [-0.05, 0) is 43.7 Å². The molecule has 0 spiro atoms. The molecular weight excluding hydrogens is 300 g/mol. The molecular formula is C19H30N4O. The van der Waals surface area contributed by atoms with Crippen LogP contribution in [0.25, 0.3) is 0 Å². The van der Waals surface area contributed by atoms with E-state index in [0.29, 0.717) is 6.04 Å². The van der Waals surface area contributed by atoms with Crippen molar-refractivity contribution in [1.29, 1.82) is 0 Å². The number of anilines is 1. The van der Waals surface area contributed by atoms with Crippen LogP contribution in [0.15, 0.2) is 24.3 Å². The van der Waals surface area contributed by atoms with Gasteiger partial charge < -0.3 is 10.2 Å². The molecule has 5 nitrogen and oxygen atoms in total. The second-order valence-electron chi connectivity index (χ2n) is 6.93. The van der Waals surface area contributed by atoms with Crippen molar-refractivity contribution in [3.8, 4) is 0 Å². The van der Waals surface area contributed by atoms with E-state index in [0.717, 1.165) is 45.3 Å². The molecule has 3 N–H and O–H groups in total. The van der Waals surface area contributed by atoms with Crippen molar-refractivity contribution in [1.82, 2.24) is 16.2 Å². The molecule has 2 heterocycles. The Morgan fingerprint density at radius 1 is 1.33 bits per heavy atom. The second kappa shape index (κ2) is 8.49. The molecule has 2 aliphatic heterocycles. The minimum Gasteiger partial charge on any atom is -0.371 e. The fourth-order valence-corrected chi connectivity index (χ4v) is 3.78. The second-order valence-corrected chi connectivity index (χ2v) is 6.93. The van der Waals surface area contributed by atoms with Crippen LogP contribution in [-0.2, 0) is 11.2 Å². The van der Waals surface area contributed by atoms with Crippen LogP contribution in [0.5, 0.6) is 0 Å². The zero-order chi connectivity index (χ0) is 16.8. The maximum atomic E-state index is 12.2. The topological polar surface area (TPSA) is 56.4 Å². The summed E-state index contributed by atoms with van der Waals surface area (Å²) < 4.78 is 0. The Bertz CT molecular complexity index is 548. The minimum atomic E-state index is -0.0859. The zero-order valence-electron chi connectivity index (χ0n) is 14.7. The van der Waals surface area contributed by atoms with E-state index >= 15 is 0 Å². The van der Waals surface area contributed by atoms with E-state index in [1.54, 1.807) is 0 Å². The summed E-state index contributed by atoms with van der Waals surface area (Å²) >= 11 is 0. The molecule has 132 valence electrons. The smallest absolute Gasteiger partial charge is 0.238 e. The lowest BCUT2D eigenvalue weighted by Gasteiger charge is -2.31. The van der Waals surface area contributed by atoms with Crippen molar-refractivity contribution in [2.45, 2.75) is 57.5 Å². The molecule has 2 unspecified atom stereocenters. The largest absolute Gasteiger partial charge is 0.371 e. The van der Waals surface area contributed by atoms with Gasteiger partial charge in [0.2, 0.25) is 5.91 Å². The van der Waals surface area contributed by atoms with Crippen LogP contribution in [0.1, 0.15) is 44.6 Å². The summed E-state index contributed by atoms with van der Waals surface area (Å²) in [7, 11) is 0. The molecule has 0 aromatic heterocycles. The van der Waals surface area contributed by atoms with Gasteiger partial charge in [-0.15, -0.1) is 0 Å². The van der Waals surface area contributed by atoms with Crippen molar-refractivity contribution in [3.63, 3.8) is 0 Å². The summed E-state index contributed by atoms with van der Waals surface area (Å²) in [6.45, 7) is 5.05. The number of hydrazine groups is 1. The van der Waals surface area contributed by atoms with Crippen molar-refractivity contribution in [3.05, 3.63) is 29.8 Å². The summed E-state index contributed by atoms with van der Waals surface area (Å²) in [6.07, 6.45) is 6.54. The zero-order valence-corrected chi connectivity index (χ0v) is 14.7. The van der Waals surface area contributed by atoms with Gasteiger partial charge in [0, 0.05) is 31.4 Å². The van der Waals surface area contributed by atoms with Crippen LogP contribution in [0, 0.1) is 0 Å². The third-order valence-corrected chi connectivity index (χ3v) is 5.05. The number of nitrogens with one attached hydrogen (secondary N) is 3. The number of hydrogen-bond acceptors (Lipinski definition) is 4. The number of hydrogen-bond donors (Lipinski definition) is 3. The highest BCUT2D eigenvalue weighted by molar-refractivity contribution is 5.82. The lowest BCUT2D eigenvalue weighted by Crippen LogP contribution is -2.44.